The fourth-order valence-corrected chi connectivity index (χ4v) is 10.6. The second kappa shape index (κ2) is 37.9. The number of nitrogens with zero attached hydrogens (tertiary/aromatic N) is 2. The van der Waals surface area contributed by atoms with Gasteiger partial charge in [0.15, 0.2) is 0 Å². The van der Waals surface area contributed by atoms with E-state index in [4.69, 9.17) is 24.7 Å². The predicted octanol–water partition coefficient (Wildman–Crippen LogP) is 4.98. The molecular weight excluding hydrogens is 777 g/mol. The highest BCUT2D eigenvalue weighted by atomic mass is 32.2. The molecule has 252 valence electrons. The number of thioether (sulfide) groups is 10. The molecule has 23 heteroatoms. The largest absolute Gasteiger partial charge is 0.438 e. The Balaban J connectivity index is 3.43. The van der Waals surface area contributed by atoms with E-state index in [1.54, 1.807) is 47.0 Å². The zero-order chi connectivity index (χ0) is 31.5. The smallest absolute Gasteiger partial charge is 0.408 e. The van der Waals surface area contributed by atoms with Crippen LogP contribution in [-0.2, 0) is 25.3 Å². The number of hydrogen-bond donors (Lipinski definition) is 4. The highest BCUT2D eigenvalue weighted by molar-refractivity contribution is 8.27. The van der Waals surface area contributed by atoms with Gasteiger partial charge in [-0.3, -0.25) is 14.0 Å². The molecular formula is C20H38N4O8S11. The van der Waals surface area contributed by atoms with E-state index < -0.39 is 16.9 Å². The zero-order valence-electron chi connectivity index (χ0n) is 23.2. The first-order valence-corrected chi connectivity index (χ1v) is 24.7. The van der Waals surface area contributed by atoms with Gasteiger partial charge >= 0.3 is 6.09 Å². The SMILES string of the molecule is O=C(NCSCCSC/N=C\S(=O)CSCSC(=O)NCSCCSC/N=C\OOCSCSCO)OCSCSCO. The van der Waals surface area contributed by atoms with E-state index in [2.05, 4.69) is 20.6 Å². The van der Waals surface area contributed by atoms with Gasteiger partial charge in [-0.2, -0.15) is 4.89 Å². The maximum atomic E-state index is 12.0. The van der Waals surface area contributed by atoms with Crippen LogP contribution in [0.15, 0.2) is 9.98 Å². The van der Waals surface area contributed by atoms with Crippen LogP contribution in [-0.4, -0.2) is 128 Å². The molecule has 0 spiro atoms. The minimum atomic E-state index is -1.18. The van der Waals surface area contributed by atoms with Gasteiger partial charge in [-0.25, -0.2) is 9.79 Å². The first kappa shape index (κ1) is 44.4. The van der Waals surface area contributed by atoms with Gasteiger partial charge in [0.25, 0.3) is 5.24 Å². The Morgan fingerprint density at radius 1 is 0.744 bits per heavy atom. The number of ether oxygens (including phenoxy) is 1. The summed E-state index contributed by atoms with van der Waals surface area (Å²) in [6.45, 7) is 0. The Morgan fingerprint density at radius 3 is 2.07 bits per heavy atom. The minimum absolute atomic E-state index is 0.0557. The van der Waals surface area contributed by atoms with Gasteiger partial charge in [0, 0.05) is 38.3 Å². The number of carbonyl (C=O) groups is 2. The molecule has 4 N–H and O–H groups in total. The normalized spacial score (nSPS) is 12.1. The van der Waals surface area contributed by atoms with Gasteiger partial charge in [0.1, 0.15) is 11.9 Å². The van der Waals surface area contributed by atoms with Crippen LogP contribution in [0.5, 0.6) is 0 Å². The topological polar surface area (TPSA) is 168 Å². The van der Waals surface area contributed by atoms with Gasteiger partial charge in [-0.15, -0.1) is 106 Å². The number of nitrogens with one attached hydrogen (secondary N) is 2. The Hall–Kier alpha value is 1.41. The van der Waals surface area contributed by atoms with Crippen LogP contribution in [0.1, 0.15) is 0 Å². The average molecular weight is 815 g/mol. The average Bonchev–Trinajstić information content (AvgIpc) is 3.00. The molecule has 0 aliphatic rings. The minimum Gasteiger partial charge on any atom is -0.438 e. The third kappa shape index (κ3) is 37.7. The van der Waals surface area contributed by atoms with Crippen LogP contribution < -0.4 is 10.6 Å². The molecule has 0 saturated carbocycles. The number of carbonyl (C=O) groups excluding carboxylic acids is 2. The van der Waals surface area contributed by atoms with E-state index in [9.17, 15) is 13.8 Å². The van der Waals surface area contributed by atoms with E-state index in [0.29, 0.717) is 44.7 Å². The van der Waals surface area contributed by atoms with Crippen LogP contribution >= 0.6 is 118 Å². The molecule has 0 fully saturated rings. The van der Waals surface area contributed by atoms with Gasteiger partial charge in [-0.05, 0) is 0 Å². The van der Waals surface area contributed by atoms with Crippen molar-refractivity contribution in [3.8, 4) is 0 Å². The summed E-state index contributed by atoms with van der Waals surface area (Å²) in [5, 5.41) is 25.0. The number of amides is 2. The molecule has 0 rings (SSSR count). The van der Waals surface area contributed by atoms with E-state index in [-0.39, 0.29) is 23.1 Å². The summed E-state index contributed by atoms with van der Waals surface area (Å²) in [7, 11) is -1.18. The van der Waals surface area contributed by atoms with Crippen LogP contribution in [0, 0.1) is 0 Å². The molecule has 0 radical (unpaired) electrons. The molecule has 0 aromatic carbocycles. The Labute approximate surface area is 298 Å². The molecule has 0 aliphatic carbocycles. The second-order valence-electron chi connectivity index (χ2n) is 6.55. The zero-order valence-corrected chi connectivity index (χ0v) is 32.2. The maximum Gasteiger partial charge on any atom is 0.408 e. The van der Waals surface area contributed by atoms with Gasteiger partial charge < -0.3 is 30.5 Å². The van der Waals surface area contributed by atoms with Crippen molar-refractivity contribution in [2.24, 2.45) is 9.98 Å². The number of aliphatic hydroxyl groups is 2. The molecule has 1 atom stereocenters. The summed E-state index contributed by atoms with van der Waals surface area (Å²) in [5.41, 5.74) is 1.45. The number of aliphatic imine (C=N–C) groups is 2. The standard InChI is InChI=1S/C20H38N4O8S11/c25-11-37-15-39-13-30-19(27)23-8-35-3-2-34-7-22-10-43(29)18-41-17-42-20(28)24-9-36-4-1-33-6-21-5-31-32-14-40-16-38-12-26/h5,10,25-26H,1-4,6-9,11-18H2,(H,23,27)(H,24,28)/b21-5-,22-10-. The van der Waals surface area contributed by atoms with E-state index in [1.807, 2.05) is 0 Å². The molecule has 0 aromatic rings. The van der Waals surface area contributed by atoms with Crippen molar-refractivity contribution in [2.75, 3.05) is 90.6 Å². The second-order valence-corrected chi connectivity index (χ2v) is 19.3. The quantitative estimate of drug-likeness (QED) is 0.0185. The lowest BCUT2D eigenvalue weighted by Gasteiger charge is -2.06. The van der Waals surface area contributed by atoms with Crippen LogP contribution in [0.3, 0.4) is 0 Å². The highest BCUT2D eigenvalue weighted by Crippen LogP contribution is 2.15. The molecule has 12 nitrogen and oxygen atoms in total. The third-order valence-corrected chi connectivity index (χ3v) is 14.4. The number of rotatable bonds is 31. The van der Waals surface area contributed by atoms with Crippen LogP contribution in [0.25, 0.3) is 0 Å². The monoisotopic (exact) mass is 814 g/mol. The Morgan fingerprint density at radius 2 is 1.37 bits per heavy atom. The van der Waals surface area contributed by atoms with E-state index in [1.165, 1.54) is 70.8 Å². The Bertz CT molecular complexity index is 751. The molecule has 0 aromatic heterocycles. The van der Waals surface area contributed by atoms with Crippen molar-refractivity contribution in [3.63, 3.8) is 0 Å². The molecule has 0 heterocycles. The third-order valence-electron chi connectivity index (χ3n) is 3.48. The fraction of sp³-hybridized carbons (Fsp3) is 0.800. The molecule has 43 heavy (non-hydrogen) atoms. The number of hydrogen-bond acceptors (Lipinski definition) is 20. The lowest BCUT2D eigenvalue weighted by atomic mass is 11.0. The summed E-state index contributed by atoms with van der Waals surface area (Å²) >= 11 is 14.7. The van der Waals surface area contributed by atoms with Crippen molar-refractivity contribution in [1.29, 1.82) is 0 Å². The van der Waals surface area contributed by atoms with Crippen LogP contribution in [0.4, 0.5) is 9.59 Å². The van der Waals surface area contributed by atoms with Crippen molar-refractivity contribution < 1.29 is 38.5 Å². The lowest BCUT2D eigenvalue weighted by molar-refractivity contribution is -0.196. The fourth-order valence-electron chi connectivity index (χ4n) is 1.80. The molecule has 0 bridgehead atoms. The van der Waals surface area contributed by atoms with Crippen molar-refractivity contribution >= 4 is 152 Å². The van der Waals surface area contributed by atoms with Gasteiger partial charge in [-0.1, -0.05) is 11.8 Å². The highest BCUT2D eigenvalue weighted by Gasteiger charge is 2.04. The van der Waals surface area contributed by atoms with E-state index >= 15 is 0 Å². The first-order valence-electron chi connectivity index (χ1n) is 12.0. The molecule has 1 unspecified atom stereocenters. The van der Waals surface area contributed by atoms with Gasteiger partial charge in [0.05, 0.1) is 56.8 Å². The van der Waals surface area contributed by atoms with E-state index in [0.717, 1.165) is 39.9 Å². The lowest BCUT2D eigenvalue weighted by Crippen LogP contribution is -2.23. The van der Waals surface area contributed by atoms with Crippen LogP contribution in [0.2, 0.25) is 0 Å². The maximum absolute atomic E-state index is 12.0. The predicted molar refractivity (Wildman–Crippen MR) is 204 cm³/mol. The summed E-state index contributed by atoms with van der Waals surface area (Å²) in [5.74, 6) is 6.32. The van der Waals surface area contributed by atoms with Gasteiger partial charge in [0.2, 0.25) is 6.40 Å². The molecule has 0 saturated heterocycles. The van der Waals surface area contributed by atoms with Crippen molar-refractivity contribution in [1.82, 2.24) is 10.6 Å². The molecule has 0 aliphatic heterocycles. The Kier molecular flexibility index (Phi) is 39.1. The summed E-state index contributed by atoms with van der Waals surface area (Å²) in [4.78, 5) is 41.3. The summed E-state index contributed by atoms with van der Waals surface area (Å²) < 4.78 is 17.0. The molecule has 2 amide bonds. The number of alkyl carbamates (subject to hydrolysis) is 1. The number of aliphatic hydroxyl groups excluding tert-OH is 2. The first-order chi connectivity index (χ1) is 21.1. The van der Waals surface area contributed by atoms with Crippen molar-refractivity contribution in [3.05, 3.63) is 0 Å². The summed E-state index contributed by atoms with van der Waals surface area (Å²) in [6, 6.07) is 0. The summed E-state index contributed by atoms with van der Waals surface area (Å²) in [6.07, 6.45) is 0.818. The van der Waals surface area contributed by atoms with Crippen molar-refractivity contribution in [2.45, 2.75) is 0 Å².